The van der Waals surface area contributed by atoms with Gasteiger partial charge in [-0.1, -0.05) is 0 Å². The van der Waals surface area contributed by atoms with Crippen molar-refractivity contribution in [2.75, 3.05) is 37.4 Å². The van der Waals surface area contributed by atoms with E-state index in [2.05, 4.69) is 15.6 Å². The molecule has 0 aliphatic carbocycles. The van der Waals surface area contributed by atoms with Gasteiger partial charge < -0.3 is 15.4 Å². The van der Waals surface area contributed by atoms with E-state index in [-0.39, 0.29) is 11.6 Å². The molecule has 108 valence electrons. The van der Waals surface area contributed by atoms with Gasteiger partial charge in [0, 0.05) is 32.9 Å². The summed E-state index contributed by atoms with van der Waals surface area (Å²) in [5.74, 6) is -1.18. The Morgan fingerprint density at radius 1 is 1.11 bits per heavy atom. The topological polar surface area (TPSA) is 46.2 Å². The summed E-state index contributed by atoms with van der Waals surface area (Å²) in [6.45, 7) is 3.69. The number of hydrogen-bond acceptors (Lipinski definition) is 4. The molecule has 1 rings (SSSR count). The van der Waals surface area contributed by atoms with Crippen molar-refractivity contribution >= 4 is 11.6 Å². The van der Waals surface area contributed by atoms with Crippen LogP contribution in [-0.2, 0) is 4.74 Å². The third-order valence-electron chi connectivity index (χ3n) is 2.59. The van der Waals surface area contributed by atoms with Gasteiger partial charge in [-0.3, -0.25) is 0 Å². The minimum absolute atomic E-state index is 0.0748. The molecule has 0 spiro atoms. The average molecular weight is 273 g/mol. The molecule has 1 heterocycles. The molecule has 0 saturated heterocycles. The Hall–Kier alpha value is -1.43. The lowest BCUT2D eigenvalue weighted by atomic mass is 10.2. The van der Waals surface area contributed by atoms with Gasteiger partial charge in [0.25, 0.3) is 0 Å². The van der Waals surface area contributed by atoms with Crippen LogP contribution in [0.1, 0.15) is 26.2 Å². The van der Waals surface area contributed by atoms with Gasteiger partial charge in [0.2, 0.25) is 0 Å². The van der Waals surface area contributed by atoms with Crippen molar-refractivity contribution in [3.05, 3.63) is 17.7 Å². The lowest BCUT2D eigenvalue weighted by molar-refractivity contribution is 0.192. The van der Waals surface area contributed by atoms with Gasteiger partial charge >= 0.3 is 0 Å². The Balaban J connectivity index is 2.46. The van der Waals surface area contributed by atoms with E-state index in [0.29, 0.717) is 13.1 Å². The van der Waals surface area contributed by atoms with Crippen molar-refractivity contribution in [2.24, 2.45) is 0 Å². The Morgan fingerprint density at radius 3 is 2.42 bits per heavy atom. The summed E-state index contributed by atoms with van der Waals surface area (Å²) in [6.07, 6.45) is 2.85. The van der Waals surface area contributed by atoms with Gasteiger partial charge in [0.05, 0.1) is 0 Å². The lowest BCUT2D eigenvalue weighted by Gasteiger charge is -2.10. The lowest BCUT2D eigenvalue weighted by Crippen LogP contribution is -2.10. The molecule has 1 aromatic rings. The number of unbranched alkanes of at least 4 members (excludes halogenated alkanes) is 2. The second kappa shape index (κ2) is 8.63. The number of anilines is 2. The fourth-order valence-corrected chi connectivity index (χ4v) is 1.64. The van der Waals surface area contributed by atoms with E-state index in [4.69, 9.17) is 4.74 Å². The predicted molar refractivity (Wildman–Crippen MR) is 72.5 cm³/mol. The summed E-state index contributed by atoms with van der Waals surface area (Å²) < 4.78 is 31.8. The Labute approximate surface area is 112 Å². The fraction of sp³-hybridized carbons (Fsp3) is 0.615. The predicted octanol–water partition coefficient (Wildman–Crippen LogP) is 3.02. The molecular weight excluding hydrogens is 252 g/mol. The van der Waals surface area contributed by atoms with E-state index >= 15 is 0 Å². The van der Waals surface area contributed by atoms with Crippen LogP contribution in [0, 0.1) is 11.6 Å². The van der Waals surface area contributed by atoms with Crippen LogP contribution in [0.25, 0.3) is 0 Å². The highest BCUT2D eigenvalue weighted by Crippen LogP contribution is 2.18. The van der Waals surface area contributed by atoms with Gasteiger partial charge in [0.15, 0.2) is 23.3 Å². The van der Waals surface area contributed by atoms with Crippen LogP contribution >= 0.6 is 0 Å². The highest BCUT2D eigenvalue weighted by molar-refractivity contribution is 5.47. The van der Waals surface area contributed by atoms with Crippen molar-refractivity contribution in [3.63, 3.8) is 0 Å². The Bertz CT molecular complexity index is 388. The molecule has 4 nitrogen and oxygen atoms in total. The van der Waals surface area contributed by atoms with E-state index in [0.717, 1.165) is 31.9 Å². The number of ether oxygens (including phenoxy) is 1. The standard InChI is InChI=1S/C13H21F2N3O/c1-3-16-12-10(14)9-11(15)13(18-12)17-7-5-4-6-8-19-2/h9H,3-8H2,1-2H3,(H2,16,17,18). The first-order valence-corrected chi connectivity index (χ1v) is 6.51. The molecule has 0 amide bonds. The van der Waals surface area contributed by atoms with Crippen molar-refractivity contribution in [1.29, 1.82) is 0 Å². The summed E-state index contributed by atoms with van der Waals surface area (Å²) >= 11 is 0. The maximum atomic E-state index is 13.5. The minimum Gasteiger partial charge on any atom is -0.385 e. The number of methoxy groups -OCH3 is 1. The van der Waals surface area contributed by atoms with E-state index in [1.165, 1.54) is 0 Å². The van der Waals surface area contributed by atoms with Crippen molar-refractivity contribution in [2.45, 2.75) is 26.2 Å². The molecule has 0 aliphatic heterocycles. The summed E-state index contributed by atoms with van der Waals surface area (Å²) in [5, 5.41) is 5.63. The molecular formula is C13H21F2N3O. The molecule has 0 radical (unpaired) electrons. The van der Waals surface area contributed by atoms with Crippen LogP contribution in [0.4, 0.5) is 20.4 Å². The second-order valence-electron chi connectivity index (χ2n) is 4.16. The van der Waals surface area contributed by atoms with Crippen molar-refractivity contribution < 1.29 is 13.5 Å². The molecule has 0 aromatic carbocycles. The third kappa shape index (κ3) is 5.38. The van der Waals surface area contributed by atoms with Crippen LogP contribution in [0.15, 0.2) is 6.07 Å². The second-order valence-corrected chi connectivity index (χ2v) is 4.16. The summed E-state index contributed by atoms with van der Waals surface area (Å²) in [4.78, 5) is 3.90. The van der Waals surface area contributed by atoms with Gasteiger partial charge in [-0.2, -0.15) is 0 Å². The van der Waals surface area contributed by atoms with E-state index in [1.54, 1.807) is 7.11 Å². The SMILES string of the molecule is CCNc1nc(NCCCCCOC)c(F)cc1F. The van der Waals surface area contributed by atoms with Crippen LogP contribution in [0.3, 0.4) is 0 Å². The number of hydrogen-bond donors (Lipinski definition) is 2. The zero-order valence-electron chi connectivity index (χ0n) is 11.4. The molecule has 2 N–H and O–H groups in total. The zero-order chi connectivity index (χ0) is 14.1. The van der Waals surface area contributed by atoms with Crippen LogP contribution in [-0.4, -0.2) is 31.8 Å². The highest BCUT2D eigenvalue weighted by atomic mass is 19.1. The van der Waals surface area contributed by atoms with E-state index in [9.17, 15) is 8.78 Å². The molecule has 19 heavy (non-hydrogen) atoms. The first-order chi connectivity index (χ1) is 9.19. The van der Waals surface area contributed by atoms with E-state index < -0.39 is 11.6 Å². The highest BCUT2D eigenvalue weighted by Gasteiger charge is 2.10. The van der Waals surface area contributed by atoms with Crippen molar-refractivity contribution in [3.8, 4) is 0 Å². The maximum Gasteiger partial charge on any atom is 0.168 e. The Morgan fingerprint density at radius 2 is 1.79 bits per heavy atom. The monoisotopic (exact) mass is 273 g/mol. The van der Waals surface area contributed by atoms with Crippen molar-refractivity contribution in [1.82, 2.24) is 4.98 Å². The molecule has 6 heteroatoms. The first-order valence-electron chi connectivity index (χ1n) is 6.51. The molecule has 0 saturated carbocycles. The van der Waals surface area contributed by atoms with E-state index in [1.807, 2.05) is 6.92 Å². The summed E-state index contributed by atoms with van der Waals surface area (Å²) in [5.41, 5.74) is 0. The molecule has 0 atom stereocenters. The third-order valence-corrected chi connectivity index (χ3v) is 2.59. The smallest absolute Gasteiger partial charge is 0.168 e. The van der Waals surface area contributed by atoms with Crippen LogP contribution < -0.4 is 10.6 Å². The molecule has 0 unspecified atom stereocenters. The first kappa shape index (κ1) is 15.6. The average Bonchev–Trinajstić information content (AvgIpc) is 2.38. The zero-order valence-corrected chi connectivity index (χ0v) is 11.4. The number of nitrogens with one attached hydrogen (secondary N) is 2. The maximum absolute atomic E-state index is 13.5. The Kier molecular flexibility index (Phi) is 7.10. The fourth-order valence-electron chi connectivity index (χ4n) is 1.64. The van der Waals surface area contributed by atoms with Gasteiger partial charge in [0.1, 0.15) is 0 Å². The summed E-state index contributed by atoms with van der Waals surface area (Å²) in [7, 11) is 1.67. The molecule has 1 aromatic heterocycles. The van der Waals surface area contributed by atoms with Crippen LogP contribution in [0.5, 0.6) is 0 Å². The minimum atomic E-state index is -0.676. The van der Waals surface area contributed by atoms with Gasteiger partial charge in [-0.05, 0) is 26.2 Å². The molecule has 0 aliphatic rings. The normalized spacial score (nSPS) is 10.5. The number of rotatable bonds is 9. The van der Waals surface area contributed by atoms with Crippen LogP contribution in [0.2, 0.25) is 0 Å². The van der Waals surface area contributed by atoms with Gasteiger partial charge in [-0.15, -0.1) is 0 Å². The van der Waals surface area contributed by atoms with Gasteiger partial charge in [-0.25, -0.2) is 13.8 Å². The number of aromatic nitrogens is 1. The largest absolute Gasteiger partial charge is 0.385 e. The number of nitrogens with zero attached hydrogens (tertiary/aromatic N) is 1. The number of pyridine rings is 1. The summed E-state index contributed by atoms with van der Waals surface area (Å²) in [6, 6.07) is 0.845. The quantitative estimate of drug-likeness (QED) is 0.679. The molecule has 0 fully saturated rings. The molecule has 0 bridgehead atoms. The number of halogens is 2.